The Hall–Kier alpha value is -0.890. The summed E-state index contributed by atoms with van der Waals surface area (Å²) in [5.74, 6) is -0.133. The average molecular weight is 328 g/mol. The van der Waals surface area contributed by atoms with Crippen LogP contribution in [0.1, 0.15) is 18.0 Å². The van der Waals surface area contributed by atoms with Crippen molar-refractivity contribution in [2.24, 2.45) is 5.73 Å². The number of hydrogen-bond acceptors (Lipinski definition) is 5. The van der Waals surface area contributed by atoms with Crippen LogP contribution in [0.25, 0.3) is 0 Å². The second kappa shape index (κ2) is 6.75. The molecule has 0 aliphatic rings. The number of nitro benzene ring substituents is 1. The second-order valence-corrected chi connectivity index (χ2v) is 4.10. The van der Waals surface area contributed by atoms with Gasteiger partial charge in [-0.25, -0.2) is 0 Å². The minimum absolute atomic E-state index is 0. The first-order valence-electron chi connectivity index (χ1n) is 4.50. The highest BCUT2D eigenvalue weighted by molar-refractivity contribution is 9.10. The van der Waals surface area contributed by atoms with E-state index in [-0.39, 0.29) is 46.9 Å². The smallest absolute Gasteiger partial charge is 0.271 e. The van der Waals surface area contributed by atoms with Gasteiger partial charge >= 0.3 is 0 Å². The van der Waals surface area contributed by atoms with Gasteiger partial charge in [-0.1, -0.05) is 0 Å². The maximum atomic E-state index is 10.6. The highest BCUT2D eigenvalue weighted by atomic mass is 79.9. The number of rotatable bonds is 4. The molecule has 17 heavy (non-hydrogen) atoms. The standard InChI is InChI=1S/C9H11BrN2O4.ClH/c10-7-4-5(12(15)16)3-6(9(7)14)8(11)1-2-13;/h3-4,8,13-14H,1-2,11H2;1H/t8-;/m1./s1. The van der Waals surface area contributed by atoms with Crippen molar-refractivity contribution in [3.63, 3.8) is 0 Å². The molecule has 0 bridgehead atoms. The minimum Gasteiger partial charge on any atom is -0.506 e. The summed E-state index contributed by atoms with van der Waals surface area (Å²) in [6.45, 7) is -0.152. The monoisotopic (exact) mass is 326 g/mol. The van der Waals surface area contributed by atoms with Gasteiger partial charge in [0, 0.05) is 30.3 Å². The van der Waals surface area contributed by atoms with Gasteiger partial charge in [0.25, 0.3) is 5.69 Å². The van der Waals surface area contributed by atoms with Crippen molar-refractivity contribution in [2.45, 2.75) is 12.5 Å². The van der Waals surface area contributed by atoms with Crippen LogP contribution in [-0.2, 0) is 0 Å². The number of phenols is 1. The predicted molar refractivity (Wildman–Crippen MR) is 68.3 cm³/mol. The molecule has 1 aromatic rings. The Morgan fingerprint density at radius 2 is 2.12 bits per heavy atom. The van der Waals surface area contributed by atoms with Crippen LogP contribution in [0, 0.1) is 10.1 Å². The summed E-state index contributed by atoms with van der Waals surface area (Å²) in [5, 5.41) is 29.0. The number of phenolic OH excluding ortho intramolecular Hbond substituents is 1. The summed E-state index contributed by atoms with van der Waals surface area (Å²) >= 11 is 3.01. The molecule has 0 radical (unpaired) electrons. The number of nitrogens with two attached hydrogens (primary N) is 1. The van der Waals surface area contributed by atoms with Crippen LogP contribution in [0.15, 0.2) is 16.6 Å². The van der Waals surface area contributed by atoms with E-state index in [1.165, 1.54) is 12.1 Å². The van der Waals surface area contributed by atoms with Crippen LogP contribution < -0.4 is 5.73 Å². The topological polar surface area (TPSA) is 110 Å². The van der Waals surface area contributed by atoms with E-state index in [1.807, 2.05) is 0 Å². The molecular weight excluding hydrogens is 315 g/mol. The van der Waals surface area contributed by atoms with Crippen LogP contribution in [0.3, 0.4) is 0 Å². The number of non-ortho nitro benzene ring substituents is 1. The van der Waals surface area contributed by atoms with Crippen molar-refractivity contribution in [3.05, 3.63) is 32.3 Å². The molecule has 0 amide bonds. The lowest BCUT2D eigenvalue weighted by atomic mass is 10.0. The molecule has 0 heterocycles. The summed E-state index contributed by atoms with van der Waals surface area (Å²) in [7, 11) is 0. The van der Waals surface area contributed by atoms with E-state index >= 15 is 0 Å². The Kier molecular flexibility index (Phi) is 6.40. The number of benzene rings is 1. The molecule has 1 rings (SSSR count). The van der Waals surface area contributed by atoms with Crippen LogP contribution in [0.4, 0.5) is 5.69 Å². The number of aliphatic hydroxyl groups excluding tert-OH is 1. The van der Waals surface area contributed by atoms with Crippen molar-refractivity contribution < 1.29 is 15.1 Å². The average Bonchev–Trinajstić information content (AvgIpc) is 2.21. The predicted octanol–water partition coefficient (Wildman–Crippen LogP) is 1.87. The highest BCUT2D eigenvalue weighted by Crippen LogP contribution is 2.35. The summed E-state index contributed by atoms with van der Waals surface area (Å²) in [6, 6.07) is 1.77. The zero-order valence-electron chi connectivity index (χ0n) is 8.67. The van der Waals surface area contributed by atoms with Gasteiger partial charge in [-0.3, -0.25) is 10.1 Å². The lowest BCUT2D eigenvalue weighted by Gasteiger charge is -2.13. The van der Waals surface area contributed by atoms with Crippen LogP contribution >= 0.6 is 28.3 Å². The first-order chi connectivity index (χ1) is 7.47. The zero-order valence-corrected chi connectivity index (χ0v) is 11.1. The third-order valence-corrected chi connectivity index (χ3v) is 2.73. The van der Waals surface area contributed by atoms with Gasteiger partial charge in [0.2, 0.25) is 0 Å². The molecule has 8 heteroatoms. The van der Waals surface area contributed by atoms with E-state index < -0.39 is 11.0 Å². The van der Waals surface area contributed by atoms with Crippen molar-refractivity contribution in [3.8, 4) is 5.75 Å². The third-order valence-electron chi connectivity index (χ3n) is 2.13. The van der Waals surface area contributed by atoms with Crippen LogP contribution in [-0.4, -0.2) is 21.7 Å². The van der Waals surface area contributed by atoms with Gasteiger partial charge in [-0.05, 0) is 22.4 Å². The Bertz CT molecular complexity index is 416. The van der Waals surface area contributed by atoms with Gasteiger partial charge in [0.05, 0.1) is 9.40 Å². The lowest BCUT2D eigenvalue weighted by molar-refractivity contribution is -0.385. The van der Waals surface area contributed by atoms with Crippen LogP contribution in [0.2, 0.25) is 0 Å². The number of halogens is 2. The number of hydrogen-bond donors (Lipinski definition) is 3. The lowest BCUT2D eigenvalue weighted by Crippen LogP contribution is -2.12. The van der Waals surface area contributed by atoms with E-state index in [0.29, 0.717) is 0 Å². The fraction of sp³-hybridized carbons (Fsp3) is 0.333. The van der Waals surface area contributed by atoms with Gasteiger partial charge in [0.1, 0.15) is 5.75 Å². The second-order valence-electron chi connectivity index (χ2n) is 3.24. The fourth-order valence-corrected chi connectivity index (χ4v) is 1.75. The van der Waals surface area contributed by atoms with E-state index in [9.17, 15) is 15.2 Å². The molecule has 0 saturated carbocycles. The summed E-state index contributed by atoms with van der Waals surface area (Å²) in [6.07, 6.45) is 0.223. The third kappa shape index (κ3) is 3.81. The molecular formula is C9H12BrClN2O4. The number of nitrogens with zero attached hydrogens (tertiary/aromatic N) is 1. The molecule has 0 spiro atoms. The molecule has 0 saturated heterocycles. The maximum absolute atomic E-state index is 10.6. The highest BCUT2D eigenvalue weighted by Gasteiger charge is 2.18. The molecule has 0 aliphatic heterocycles. The van der Waals surface area contributed by atoms with Gasteiger partial charge in [0.15, 0.2) is 0 Å². The maximum Gasteiger partial charge on any atom is 0.271 e. The Morgan fingerprint density at radius 1 is 1.53 bits per heavy atom. The Morgan fingerprint density at radius 3 is 2.59 bits per heavy atom. The van der Waals surface area contributed by atoms with Gasteiger partial charge < -0.3 is 15.9 Å². The normalized spacial score (nSPS) is 11.7. The number of aliphatic hydroxyl groups is 1. The SMILES string of the molecule is Cl.N[C@H](CCO)c1cc([N+](=O)[O-])cc(Br)c1O. The van der Waals surface area contributed by atoms with Crippen molar-refractivity contribution in [1.82, 2.24) is 0 Å². The Labute approximate surface area is 112 Å². The van der Waals surface area contributed by atoms with Gasteiger partial charge in [-0.15, -0.1) is 12.4 Å². The number of aromatic hydroxyl groups is 1. The van der Waals surface area contributed by atoms with E-state index in [1.54, 1.807) is 0 Å². The largest absolute Gasteiger partial charge is 0.506 e. The first kappa shape index (κ1) is 16.1. The first-order valence-corrected chi connectivity index (χ1v) is 5.30. The van der Waals surface area contributed by atoms with Crippen molar-refractivity contribution >= 4 is 34.0 Å². The summed E-state index contributed by atoms with van der Waals surface area (Å²) < 4.78 is 0.213. The molecule has 4 N–H and O–H groups in total. The molecule has 0 aliphatic carbocycles. The zero-order chi connectivity index (χ0) is 12.3. The molecule has 6 nitrogen and oxygen atoms in total. The summed E-state index contributed by atoms with van der Waals surface area (Å²) in [5.41, 5.74) is 5.77. The van der Waals surface area contributed by atoms with Crippen molar-refractivity contribution in [1.29, 1.82) is 0 Å². The Balaban J connectivity index is 0.00000256. The quantitative estimate of drug-likeness (QED) is 0.577. The van der Waals surface area contributed by atoms with Gasteiger partial charge in [-0.2, -0.15) is 0 Å². The molecule has 0 aromatic heterocycles. The van der Waals surface area contributed by atoms with Crippen molar-refractivity contribution in [2.75, 3.05) is 6.61 Å². The molecule has 96 valence electrons. The molecule has 1 aromatic carbocycles. The number of nitro groups is 1. The van der Waals surface area contributed by atoms with Crippen LogP contribution in [0.5, 0.6) is 5.75 Å². The molecule has 1 atom stereocenters. The molecule has 0 unspecified atom stereocenters. The van der Waals surface area contributed by atoms with E-state index in [4.69, 9.17) is 10.8 Å². The summed E-state index contributed by atoms with van der Waals surface area (Å²) in [4.78, 5) is 10.0. The van der Waals surface area contributed by atoms with E-state index in [0.717, 1.165) is 0 Å². The minimum atomic E-state index is -0.638. The fourth-order valence-electron chi connectivity index (χ4n) is 1.29. The van der Waals surface area contributed by atoms with E-state index in [2.05, 4.69) is 15.9 Å². The molecule has 0 fully saturated rings.